The summed E-state index contributed by atoms with van der Waals surface area (Å²) in [6.07, 6.45) is 1.66. The minimum absolute atomic E-state index is 0.0855. The summed E-state index contributed by atoms with van der Waals surface area (Å²) in [4.78, 5) is 27.9. The van der Waals surface area contributed by atoms with Gasteiger partial charge in [-0.1, -0.05) is 30.3 Å². The van der Waals surface area contributed by atoms with Gasteiger partial charge in [0.15, 0.2) is 11.5 Å². The lowest BCUT2D eigenvalue weighted by Gasteiger charge is -2.31. The molecule has 0 aliphatic carbocycles. The standard InChI is InChI=1S/C19H19N3O3/c1-21(2)18(23)12-22-15-11-14(20)8-9-16(15)25-17(19(22)24)10-13-6-4-3-5-7-13/h3-11H,12,20H2,1-2H3/b17-10+. The molecule has 0 saturated carbocycles. The lowest BCUT2D eigenvalue weighted by Crippen LogP contribution is -2.44. The molecule has 1 aliphatic rings. The number of fused-ring (bicyclic) bond motifs is 1. The van der Waals surface area contributed by atoms with Gasteiger partial charge in [0.25, 0.3) is 5.91 Å². The van der Waals surface area contributed by atoms with E-state index in [0.717, 1.165) is 5.56 Å². The largest absolute Gasteiger partial charge is 0.449 e. The Bertz CT molecular complexity index is 844. The van der Waals surface area contributed by atoms with Gasteiger partial charge in [0.05, 0.1) is 5.69 Å². The minimum Gasteiger partial charge on any atom is -0.449 e. The second kappa shape index (κ2) is 6.68. The average molecular weight is 337 g/mol. The Hall–Kier alpha value is -3.28. The molecule has 6 nitrogen and oxygen atoms in total. The van der Waals surface area contributed by atoms with E-state index in [0.29, 0.717) is 17.1 Å². The molecule has 0 bridgehead atoms. The third-order valence-electron chi connectivity index (χ3n) is 3.84. The van der Waals surface area contributed by atoms with Crippen LogP contribution in [-0.4, -0.2) is 37.4 Å². The highest BCUT2D eigenvalue weighted by Gasteiger charge is 2.32. The van der Waals surface area contributed by atoms with E-state index in [1.165, 1.54) is 9.80 Å². The Kier molecular flexibility index (Phi) is 4.43. The summed E-state index contributed by atoms with van der Waals surface area (Å²) in [5, 5.41) is 0. The van der Waals surface area contributed by atoms with Crippen LogP contribution in [0.3, 0.4) is 0 Å². The summed E-state index contributed by atoms with van der Waals surface area (Å²) in [5.74, 6) is 0.0809. The van der Waals surface area contributed by atoms with Gasteiger partial charge in [-0.25, -0.2) is 0 Å². The monoisotopic (exact) mass is 337 g/mol. The molecule has 0 aromatic heterocycles. The van der Waals surface area contributed by atoms with Crippen molar-refractivity contribution < 1.29 is 14.3 Å². The maximum Gasteiger partial charge on any atom is 0.294 e. The van der Waals surface area contributed by atoms with Crippen LogP contribution in [0.5, 0.6) is 5.75 Å². The van der Waals surface area contributed by atoms with Gasteiger partial charge in [-0.3, -0.25) is 14.5 Å². The van der Waals surface area contributed by atoms with E-state index in [2.05, 4.69) is 0 Å². The molecule has 1 heterocycles. The maximum absolute atomic E-state index is 12.9. The summed E-state index contributed by atoms with van der Waals surface area (Å²) in [7, 11) is 3.29. The molecule has 2 aromatic rings. The van der Waals surface area contributed by atoms with Crippen LogP contribution in [0.15, 0.2) is 54.3 Å². The predicted octanol–water partition coefficient (Wildman–Crippen LogP) is 2.12. The van der Waals surface area contributed by atoms with E-state index in [1.54, 1.807) is 38.4 Å². The van der Waals surface area contributed by atoms with Crippen molar-refractivity contribution in [1.82, 2.24) is 4.90 Å². The SMILES string of the molecule is CN(C)C(=O)CN1C(=O)/C(=C\c2ccccc2)Oc2ccc(N)cc21. The number of hydrogen-bond acceptors (Lipinski definition) is 4. The lowest BCUT2D eigenvalue weighted by molar-refractivity contribution is -0.129. The van der Waals surface area contributed by atoms with Crippen molar-refractivity contribution in [3.05, 3.63) is 59.9 Å². The Morgan fingerprint density at radius 3 is 2.60 bits per heavy atom. The smallest absolute Gasteiger partial charge is 0.294 e. The Morgan fingerprint density at radius 1 is 1.20 bits per heavy atom. The van der Waals surface area contributed by atoms with Gasteiger partial charge in [0.2, 0.25) is 5.91 Å². The number of ether oxygens (including phenoxy) is 1. The third-order valence-corrected chi connectivity index (χ3v) is 3.84. The van der Waals surface area contributed by atoms with Crippen molar-refractivity contribution in [1.29, 1.82) is 0 Å². The number of nitrogens with zero attached hydrogens (tertiary/aromatic N) is 2. The Balaban J connectivity index is 2.03. The van der Waals surface area contributed by atoms with Crippen molar-refractivity contribution in [2.45, 2.75) is 0 Å². The molecule has 2 aromatic carbocycles. The highest BCUT2D eigenvalue weighted by Crippen LogP contribution is 2.37. The van der Waals surface area contributed by atoms with Crippen LogP contribution in [0.2, 0.25) is 0 Å². The first kappa shape index (κ1) is 16.6. The molecule has 128 valence electrons. The fourth-order valence-corrected chi connectivity index (χ4v) is 2.46. The van der Waals surface area contributed by atoms with Gasteiger partial charge in [0, 0.05) is 19.8 Å². The van der Waals surface area contributed by atoms with E-state index < -0.39 is 0 Å². The van der Waals surface area contributed by atoms with Crippen LogP contribution in [0.1, 0.15) is 5.56 Å². The van der Waals surface area contributed by atoms with E-state index in [9.17, 15) is 9.59 Å². The van der Waals surface area contributed by atoms with Crippen molar-refractivity contribution in [3.63, 3.8) is 0 Å². The number of benzene rings is 2. The van der Waals surface area contributed by atoms with E-state index >= 15 is 0 Å². The van der Waals surface area contributed by atoms with Crippen LogP contribution in [0.25, 0.3) is 6.08 Å². The minimum atomic E-state index is -0.378. The molecule has 3 rings (SSSR count). The second-order valence-electron chi connectivity index (χ2n) is 5.93. The summed E-state index contributed by atoms with van der Waals surface area (Å²) in [6.45, 7) is -0.0855. The van der Waals surface area contributed by atoms with Crippen LogP contribution >= 0.6 is 0 Å². The highest BCUT2D eigenvalue weighted by molar-refractivity contribution is 6.12. The molecule has 6 heteroatoms. The van der Waals surface area contributed by atoms with Crippen molar-refractivity contribution in [3.8, 4) is 5.75 Å². The summed E-state index contributed by atoms with van der Waals surface area (Å²) < 4.78 is 5.76. The molecule has 0 radical (unpaired) electrons. The normalized spacial score (nSPS) is 14.9. The number of nitrogen functional groups attached to an aromatic ring is 1. The molecule has 2 amide bonds. The fraction of sp³-hybridized carbons (Fsp3) is 0.158. The Labute approximate surface area is 146 Å². The second-order valence-corrected chi connectivity index (χ2v) is 5.93. The van der Waals surface area contributed by atoms with Gasteiger partial charge >= 0.3 is 0 Å². The number of rotatable bonds is 3. The number of amides is 2. The topological polar surface area (TPSA) is 75.9 Å². The molecule has 0 fully saturated rings. The van der Waals surface area contributed by atoms with Gasteiger partial charge in [-0.15, -0.1) is 0 Å². The Morgan fingerprint density at radius 2 is 1.92 bits per heavy atom. The number of likely N-dealkylation sites (N-methyl/N-ethyl adjacent to an activating group) is 1. The first-order chi connectivity index (χ1) is 12.0. The molecule has 25 heavy (non-hydrogen) atoms. The molecular weight excluding hydrogens is 318 g/mol. The van der Waals surface area contributed by atoms with Gasteiger partial charge in [-0.05, 0) is 29.8 Å². The van der Waals surface area contributed by atoms with Crippen LogP contribution in [0, 0.1) is 0 Å². The summed E-state index contributed by atoms with van der Waals surface area (Å²) >= 11 is 0. The van der Waals surface area contributed by atoms with Crippen molar-refractivity contribution in [2.24, 2.45) is 0 Å². The highest BCUT2D eigenvalue weighted by atomic mass is 16.5. The number of nitrogens with two attached hydrogens (primary N) is 1. The number of carbonyl (C=O) groups is 2. The van der Waals surface area contributed by atoms with Gasteiger partial charge in [-0.2, -0.15) is 0 Å². The summed E-state index contributed by atoms with van der Waals surface area (Å²) in [5.41, 5.74) is 7.66. The maximum atomic E-state index is 12.9. The molecule has 0 saturated heterocycles. The van der Waals surface area contributed by atoms with Crippen molar-refractivity contribution >= 4 is 29.3 Å². The van der Waals surface area contributed by atoms with Crippen LogP contribution in [0.4, 0.5) is 11.4 Å². The fourth-order valence-electron chi connectivity index (χ4n) is 2.46. The quantitative estimate of drug-likeness (QED) is 0.688. The molecule has 0 unspecified atom stereocenters. The number of anilines is 2. The number of carbonyl (C=O) groups excluding carboxylic acids is 2. The third kappa shape index (κ3) is 3.47. The van der Waals surface area contributed by atoms with Crippen LogP contribution < -0.4 is 15.4 Å². The molecule has 0 atom stereocenters. The predicted molar refractivity (Wildman–Crippen MR) is 96.9 cm³/mol. The van der Waals surface area contributed by atoms with Crippen LogP contribution in [-0.2, 0) is 9.59 Å². The zero-order chi connectivity index (χ0) is 18.0. The molecule has 0 spiro atoms. The first-order valence-electron chi connectivity index (χ1n) is 7.82. The van der Waals surface area contributed by atoms with Gasteiger partial charge < -0.3 is 15.4 Å². The molecule has 2 N–H and O–H groups in total. The summed E-state index contributed by atoms with van der Waals surface area (Å²) in [6, 6.07) is 14.4. The van der Waals surface area contributed by atoms with E-state index in [4.69, 9.17) is 10.5 Å². The van der Waals surface area contributed by atoms with Crippen molar-refractivity contribution in [2.75, 3.05) is 31.3 Å². The van der Waals surface area contributed by atoms with Gasteiger partial charge in [0.1, 0.15) is 6.54 Å². The molecular formula is C19H19N3O3. The lowest BCUT2D eigenvalue weighted by atomic mass is 10.1. The zero-order valence-corrected chi connectivity index (χ0v) is 14.1. The molecule has 1 aliphatic heterocycles. The average Bonchev–Trinajstić information content (AvgIpc) is 2.59. The van der Waals surface area contributed by atoms with E-state index in [1.807, 2.05) is 30.3 Å². The zero-order valence-electron chi connectivity index (χ0n) is 14.1. The number of hydrogen-bond donors (Lipinski definition) is 1. The van der Waals surface area contributed by atoms with E-state index in [-0.39, 0.29) is 24.1 Å². The first-order valence-corrected chi connectivity index (χ1v) is 7.82.